The van der Waals surface area contributed by atoms with Crippen LogP contribution in [0, 0.1) is 0 Å². The van der Waals surface area contributed by atoms with E-state index in [0.717, 1.165) is 15.6 Å². The zero-order valence-electron chi connectivity index (χ0n) is 15.0. The van der Waals surface area contributed by atoms with Crippen molar-refractivity contribution in [2.24, 2.45) is 0 Å². The fourth-order valence-electron chi connectivity index (χ4n) is 2.36. The molecule has 0 radical (unpaired) electrons. The van der Waals surface area contributed by atoms with Crippen LogP contribution in [0.3, 0.4) is 0 Å². The van der Waals surface area contributed by atoms with Crippen LogP contribution in [0.4, 0.5) is 0 Å². The standard InChI is InChI=1S/C17H20N2O7S2/c1-19(28(22,23)17-3-2-6-27-17)9-16(21)18-8-12(20)10-24-13-4-5-14-15(7-13)26-11-25-14/h2-7,12,20H,8-11H2,1H3,(H,18,21). The Hall–Kier alpha value is -2.34. The van der Waals surface area contributed by atoms with Crippen LogP contribution in [0.25, 0.3) is 0 Å². The second kappa shape index (κ2) is 8.78. The highest BCUT2D eigenvalue weighted by Crippen LogP contribution is 2.35. The van der Waals surface area contributed by atoms with Gasteiger partial charge in [0.05, 0.1) is 6.54 Å². The first kappa shape index (κ1) is 20.4. The second-order valence-electron chi connectivity index (χ2n) is 5.98. The Balaban J connectivity index is 1.41. The van der Waals surface area contributed by atoms with Gasteiger partial charge in [0.15, 0.2) is 11.5 Å². The van der Waals surface area contributed by atoms with Crippen LogP contribution in [0.1, 0.15) is 0 Å². The first-order valence-corrected chi connectivity index (χ1v) is 10.7. The summed E-state index contributed by atoms with van der Waals surface area (Å²) in [6, 6.07) is 8.14. The highest BCUT2D eigenvalue weighted by molar-refractivity contribution is 7.91. The molecule has 2 heterocycles. The van der Waals surface area contributed by atoms with E-state index in [-0.39, 0.29) is 30.7 Å². The molecule has 1 amide bonds. The average Bonchev–Trinajstić information content (AvgIpc) is 3.35. The van der Waals surface area contributed by atoms with Crippen LogP contribution in [0.15, 0.2) is 39.9 Å². The second-order valence-corrected chi connectivity index (χ2v) is 9.20. The highest BCUT2D eigenvalue weighted by atomic mass is 32.2. The minimum absolute atomic E-state index is 0.0523. The van der Waals surface area contributed by atoms with E-state index in [2.05, 4.69) is 5.32 Å². The smallest absolute Gasteiger partial charge is 0.252 e. The number of amides is 1. The third-order valence-corrected chi connectivity index (χ3v) is 7.02. The summed E-state index contributed by atoms with van der Waals surface area (Å²) in [5, 5.41) is 14.1. The van der Waals surface area contributed by atoms with E-state index in [0.29, 0.717) is 17.2 Å². The van der Waals surface area contributed by atoms with E-state index in [9.17, 15) is 18.3 Å². The molecule has 0 aliphatic carbocycles. The molecule has 1 atom stereocenters. The average molecular weight is 428 g/mol. The Morgan fingerprint density at radius 3 is 2.89 bits per heavy atom. The molecule has 0 saturated carbocycles. The third kappa shape index (κ3) is 4.93. The van der Waals surface area contributed by atoms with Crippen molar-refractivity contribution >= 4 is 27.3 Å². The molecule has 0 saturated heterocycles. The Bertz CT molecular complexity index is 916. The molecule has 3 rings (SSSR count). The molecular weight excluding hydrogens is 408 g/mol. The van der Waals surface area contributed by atoms with Crippen LogP contribution < -0.4 is 19.5 Å². The lowest BCUT2D eigenvalue weighted by Gasteiger charge is -2.17. The summed E-state index contributed by atoms with van der Waals surface area (Å²) in [4.78, 5) is 12.0. The molecule has 28 heavy (non-hydrogen) atoms. The molecule has 152 valence electrons. The SMILES string of the molecule is CN(CC(=O)NCC(O)COc1ccc2c(c1)OCO2)S(=O)(=O)c1cccs1. The Labute approximate surface area is 166 Å². The van der Waals surface area contributed by atoms with Crippen LogP contribution in [-0.4, -0.2) is 63.4 Å². The van der Waals surface area contributed by atoms with Gasteiger partial charge in [-0.25, -0.2) is 8.42 Å². The van der Waals surface area contributed by atoms with Crippen molar-refractivity contribution in [1.82, 2.24) is 9.62 Å². The van der Waals surface area contributed by atoms with E-state index in [1.807, 2.05) is 0 Å². The van der Waals surface area contributed by atoms with Crippen molar-refractivity contribution in [3.8, 4) is 17.2 Å². The number of fused-ring (bicyclic) bond motifs is 1. The number of hydrogen-bond acceptors (Lipinski definition) is 8. The lowest BCUT2D eigenvalue weighted by molar-refractivity contribution is -0.121. The molecule has 0 fully saturated rings. The van der Waals surface area contributed by atoms with Crippen molar-refractivity contribution < 1.29 is 32.5 Å². The molecule has 1 aliphatic rings. The van der Waals surface area contributed by atoms with Gasteiger partial charge < -0.3 is 24.6 Å². The Morgan fingerprint density at radius 2 is 2.14 bits per heavy atom. The first-order valence-electron chi connectivity index (χ1n) is 8.33. The van der Waals surface area contributed by atoms with Crippen molar-refractivity contribution in [2.75, 3.05) is 33.5 Å². The number of benzene rings is 1. The summed E-state index contributed by atoms with van der Waals surface area (Å²) in [7, 11) is -2.37. The number of sulfonamides is 1. The van der Waals surface area contributed by atoms with Crippen molar-refractivity contribution in [3.63, 3.8) is 0 Å². The van der Waals surface area contributed by atoms with Crippen LogP contribution >= 0.6 is 11.3 Å². The van der Waals surface area contributed by atoms with Crippen molar-refractivity contribution in [1.29, 1.82) is 0 Å². The van der Waals surface area contributed by atoms with Gasteiger partial charge in [-0.3, -0.25) is 4.79 Å². The number of carbonyl (C=O) groups excluding carboxylic acids is 1. The normalized spacial score (nSPS) is 14.1. The number of aliphatic hydroxyl groups excluding tert-OH is 1. The van der Waals surface area contributed by atoms with Gasteiger partial charge in [0.2, 0.25) is 12.7 Å². The van der Waals surface area contributed by atoms with Gasteiger partial charge >= 0.3 is 0 Å². The minimum atomic E-state index is -3.70. The maximum absolute atomic E-state index is 12.3. The van der Waals surface area contributed by atoms with E-state index in [1.165, 1.54) is 13.1 Å². The number of ether oxygens (including phenoxy) is 3. The number of thiophene rings is 1. The molecule has 0 spiro atoms. The number of rotatable bonds is 9. The molecule has 9 nitrogen and oxygen atoms in total. The fourth-order valence-corrected chi connectivity index (χ4v) is 4.68. The van der Waals surface area contributed by atoms with Crippen LogP contribution in [0.5, 0.6) is 17.2 Å². The zero-order chi connectivity index (χ0) is 20.1. The number of nitrogens with one attached hydrogen (secondary N) is 1. The van der Waals surface area contributed by atoms with Gasteiger partial charge in [0, 0.05) is 19.7 Å². The van der Waals surface area contributed by atoms with Gasteiger partial charge in [-0.15, -0.1) is 11.3 Å². The van der Waals surface area contributed by atoms with Crippen LogP contribution in [-0.2, 0) is 14.8 Å². The lowest BCUT2D eigenvalue weighted by Crippen LogP contribution is -2.41. The molecule has 1 aliphatic heterocycles. The Morgan fingerprint density at radius 1 is 1.36 bits per heavy atom. The number of likely N-dealkylation sites (N-methyl/N-ethyl adjacent to an activating group) is 1. The summed E-state index contributed by atoms with van der Waals surface area (Å²) in [6.07, 6.45) is -0.964. The highest BCUT2D eigenvalue weighted by Gasteiger charge is 2.24. The predicted octanol–water partition coefficient (Wildman–Crippen LogP) is 0.653. The van der Waals surface area contributed by atoms with Gasteiger partial charge in [-0.1, -0.05) is 6.07 Å². The molecule has 1 aromatic heterocycles. The van der Waals surface area contributed by atoms with E-state index < -0.39 is 22.0 Å². The topological polar surface area (TPSA) is 114 Å². The summed E-state index contributed by atoms with van der Waals surface area (Å²) in [6.45, 7) is -0.320. The largest absolute Gasteiger partial charge is 0.491 e. The zero-order valence-corrected chi connectivity index (χ0v) is 16.7. The molecule has 1 unspecified atom stereocenters. The predicted molar refractivity (Wildman–Crippen MR) is 101 cm³/mol. The molecule has 2 aromatic rings. The lowest BCUT2D eigenvalue weighted by atomic mass is 10.3. The summed E-state index contributed by atoms with van der Waals surface area (Å²) in [5.41, 5.74) is 0. The Kier molecular flexibility index (Phi) is 6.39. The van der Waals surface area contributed by atoms with Gasteiger partial charge in [0.1, 0.15) is 22.7 Å². The summed E-state index contributed by atoms with van der Waals surface area (Å²) < 4.78 is 41.6. The van der Waals surface area contributed by atoms with Gasteiger partial charge in [-0.05, 0) is 23.6 Å². The monoisotopic (exact) mass is 428 g/mol. The number of nitrogens with zero attached hydrogens (tertiary/aromatic N) is 1. The van der Waals surface area contributed by atoms with Crippen molar-refractivity contribution in [3.05, 3.63) is 35.7 Å². The quantitative estimate of drug-likeness (QED) is 0.603. The van der Waals surface area contributed by atoms with E-state index in [4.69, 9.17) is 14.2 Å². The maximum atomic E-state index is 12.3. The van der Waals surface area contributed by atoms with Gasteiger partial charge in [0.25, 0.3) is 10.0 Å². The fraction of sp³-hybridized carbons (Fsp3) is 0.353. The molecule has 11 heteroatoms. The van der Waals surface area contributed by atoms with Gasteiger partial charge in [-0.2, -0.15) is 4.31 Å². The third-order valence-electron chi connectivity index (χ3n) is 3.85. The summed E-state index contributed by atoms with van der Waals surface area (Å²) >= 11 is 1.08. The molecule has 0 bridgehead atoms. The van der Waals surface area contributed by atoms with E-state index >= 15 is 0 Å². The van der Waals surface area contributed by atoms with Crippen LogP contribution in [0.2, 0.25) is 0 Å². The first-order chi connectivity index (χ1) is 13.4. The minimum Gasteiger partial charge on any atom is -0.491 e. The molecular formula is C17H20N2O7S2. The number of aliphatic hydroxyl groups is 1. The summed E-state index contributed by atoms with van der Waals surface area (Å²) in [5.74, 6) is 1.17. The van der Waals surface area contributed by atoms with E-state index in [1.54, 1.807) is 29.6 Å². The van der Waals surface area contributed by atoms with Crippen molar-refractivity contribution in [2.45, 2.75) is 10.3 Å². The molecule has 2 N–H and O–H groups in total. The maximum Gasteiger partial charge on any atom is 0.252 e. The molecule has 1 aromatic carbocycles. The number of carbonyl (C=O) groups is 1. The number of hydrogen-bond donors (Lipinski definition) is 2.